The molecule has 2 unspecified atom stereocenters. The van der Waals surface area contributed by atoms with Crippen LogP contribution in [0.5, 0.6) is 11.5 Å². The van der Waals surface area contributed by atoms with Crippen LogP contribution in [0.4, 0.5) is 13.2 Å². The van der Waals surface area contributed by atoms with E-state index < -0.39 is 23.2 Å². The summed E-state index contributed by atoms with van der Waals surface area (Å²) in [6.45, 7) is 7.08. The lowest BCUT2D eigenvalue weighted by Gasteiger charge is -2.20. The van der Waals surface area contributed by atoms with Crippen LogP contribution in [0.25, 0.3) is 0 Å². The Morgan fingerprint density at radius 1 is 0.895 bits per heavy atom. The van der Waals surface area contributed by atoms with E-state index in [0.717, 1.165) is 0 Å². The van der Waals surface area contributed by atoms with Gasteiger partial charge in [0.25, 0.3) is 0 Å². The Balaban J connectivity index is 3.21. The van der Waals surface area contributed by atoms with E-state index in [2.05, 4.69) is 0 Å². The van der Waals surface area contributed by atoms with E-state index in [1.165, 1.54) is 0 Å². The van der Waals surface area contributed by atoms with Gasteiger partial charge in [-0.05, 0) is 26.7 Å². The number of benzene rings is 1. The highest BCUT2D eigenvalue weighted by atomic mass is 19.2. The fraction of sp³-hybridized carbons (Fsp3) is 0.571. The second-order valence-corrected chi connectivity index (χ2v) is 4.49. The topological polar surface area (TPSA) is 18.5 Å². The van der Waals surface area contributed by atoms with Crippen molar-refractivity contribution in [2.24, 2.45) is 0 Å². The third kappa shape index (κ3) is 3.78. The largest absolute Gasteiger partial charge is 0.484 e. The maximum absolute atomic E-state index is 13.7. The zero-order valence-corrected chi connectivity index (χ0v) is 11.6. The van der Waals surface area contributed by atoms with Crippen LogP contribution in [-0.2, 0) is 0 Å². The standard InChI is InChI=1S/C14H19F3O2/c1-5-8(3)18-13-11(16)7-10(15)12(17)14(13)19-9(4)6-2/h7-9H,5-6H2,1-4H3. The van der Waals surface area contributed by atoms with Crippen LogP contribution in [0.3, 0.4) is 0 Å². The molecule has 0 aliphatic heterocycles. The van der Waals surface area contributed by atoms with Gasteiger partial charge >= 0.3 is 0 Å². The van der Waals surface area contributed by atoms with Crippen LogP contribution in [0.2, 0.25) is 0 Å². The highest BCUT2D eigenvalue weighted by Gasteiger charge is 2.24. The van der Waals surface area contributed by atoms with Gasteiger partial charge in [-0.1, -0.05) is 13.8 Å². The molecular formula is C14H19F3O2. The molecule has 5 heteroatoms. The summed E-state index contributed by atoms with van der Waals surface area (Å²) in [6, 6.07) is 0.469. The van der Waals surface area contributed by atoms with Crippen molar-refractivity contribution in [2.75, 3.05) is 0 Å². The van der Waals surface area contributed by atoms with Gasteiger partial charge in [-0.2, -0.15) is 4.39 Å². The van der Waals surface area contributed by atoms with Crippen LogP contribution in [0.15, 0.2) is 6.07 Å². The summed E-state index contributed by atoms with van der Waals surface area (Å²) >= 11 is 0. The van der Waals surface area contributed by atoms with E-state index in [4.69, 9.17) is 9.47 Å². The molecule has 1 aromatic rings. The van der Waals surface area contributed by atoms with Crippen LogP contribution in [0.1, 0.15) is 40.5 Å². The average molecular weight is 276 g/mol. The van der Waals surface area contributed by atoms with Gasteiger partial charge in [-0.15, -0.1) is 0 Å². The Morgan fingerprint density at radius 2 is 1.37 bits per heavy atom. The van der Waals surface area contributed by atoms with Crippen LogP contribution in [0, 0.1) is 17.5 Å². The SMILES string of the molecule is CCC(C)Oc1c(F)cc(F)c(F)c1OC(C)CC. The molecule has 0 saturated carbocycles. The normalized spacial score (nSPS) is 14.1. The first kappa shape index (κ1) is 15.7. The molecule has 1 aromatic carbocycles. The lowest BCUT2D eigenvalue weighted by atomic mass is 10.2. The van der Waals surface area contributed by atoms with Crippen molar-refractivity contribution < 1.29 is 22.6 Å². The minimum Gasteiger partial charge on any atom is -0.484 e. The first-order valence-electron chi connectivity index (χ1n) is 6.41. The second kappa shape index (κ2) is 6.68. The summed E-state index contributed by atoms with van der Waals surface area (Å²) in [6.07, 6.45) is 0.510. The van der Waals surface area contributed by atoms with Gasteiger partial charge in [0.1, 0.15) is 0 Å². The van der Waals surface area contributed by atoms with Crippen molar-refractivity contribution in [3.05, 3.63) is 23.5 Å². The summed E-state index contributed by atoms with van der Waals surface area (Å²) in [7, 11) is 0. The summed E-state index contributed by atoms with van der Waals surface area (Å²) in [5.74, 6) is -4.33. The molecule has 0 fully saturated rings. The molecule has 0 heterocycles. The van der Waals surface area contributed by atoms with Gasteiger partial charge in [-0.25, -0.2) is 8.78 Å². The molecule has 1 rings (SSSR count). The Morgan fingerprint density at radius 3 is 1.84 bits per heavy atom. The lowest BCUT2D eigenvalue weighted by molar-refractivity contribution is 0.161. The van der Waals surface area contributed by atoms with E-state index in [1.54, 1.807) is 13.8 Å². The zero-order valence-electron chi connectivity index (χ0n) is 11.6. The minimum absolute atomic E-state index is 0.321. The van der Waals surface area contributed by atoms with E-state index in [0.29, 0.717) is 18.9 Å². The quantitative estimate of drug-likeness (QED) is 0.714. The predicted octanol–water partition coefficient (Wildman–Crippen LogP) is 4.46. The fourth-order valence-electron chi connectivity index (χ4n) is 1.34. The van der Waals surface area contributed by atoms with Gasteiger partial charge < -0.3 is 9.47 Å². The van der Waals surface area contributed by atoms with E-state index >= 15 is 0 Å². The van der Waals surface area contributed by atoms with Crippen LogP contribution >= 0.6 is 0 Å². The smallest absolute Gasteiger partial charge is 0.204 e. The van der Waals surface area contributed by atoms with Gasteiger partial charge in [-0.3, -0.25) is 0 Å². The summed E-state index contributed by atoms with van der Waals surface area (Å²) < 4.78 is 51.3. The highest BCUT2D eigenvalue weighted by Crippen LogP contribution is 2.36. The Hall–Kier alpha value is -1.39. The van der Waals surface area contributed by atoms with Crippen molar-refractivity contribution in [1.82, 2.24) is 0 Å². The molecule has 0 amide bonds. The van der Waals surface area contributed by atoms with Crippen molar-refractivity contribution in [1.29, 1.82) is 0 Å². The maximum Gasteiger partial charge on any atom is 0.204 e. The molecule has 19 heavy (non-hydrogen) atoms. The van der Waals surface area contributed by atoms with E-state index in [1.807, 2.05) is 13.8 Å². The van der Waals surface area contributed by atoms with Gasteiger partial charge in [0, 0.05) is 6.07 Å². The van der Waals surface area contributed by atoms with Crippen molar-refractivity contribution in [3.63, 3.8) is 0 Å². The fourth-order valence-corrected chi connectivity index (χ4v) is 1.34. The number of hydrogen-bond acceptors (Lipinski definition) is 2. The van der Waals surface area contributed by atoms with Crippen LogP contribution < -0.4 is 9.47 Å². The molecule has 0 saturated heterocycles. The first-order chi connectivity index (χ1) is 8.90. The summed E-state index contributed by atoms with van der Waals surface area (Å²) in [5, 5.41) is 0. The first-order valence-corrected chi connectivity index (χ1v) is 6.41. The van der Waals surface area contributed by atoms with Crippen LogP contribution in [-0.4, -0.2) is 12.2 Å². The Bertz CT molecular complexity index is 435. The lowest BCUT2D eigenvalue weighted by Crippen LogP contribution is -2.16. The van der Waals surface area contributed by atoms with Crippen molar-refractivity contribution >= 4 is 0 Å². The highest BCUT2D eigenvalue weighted by molar-refractivity contribution is 5.43. The Labute approximate surface area is 111 Å². The van der Waals surface area contributed by atoms with E-state index in [9.17, 15) is 13.2 Å². The van der Waals surface area contributed by atoms with Gasteiger partial charge in [0.05, 0.1) is 12.2 Å². The van der Waals surface area contributed by atoms with Crippen molar-refractivity contribution in [3.8, 4) is 11.5 Å². The Kier molecular flexibility index (Phi) is 5.51. The molecule has 2 atom stereocenters. The van der Waals surface area contributed by atoms with E-state index in [-0.39, 0.29) is 18.0 Å². The third-order valence-electron chi connectivity index (χ3n) is 2.87. The van der Waals surface area contributed by atoms with Gasteiger partial charge in [0.2, 0.25) is 17.3 Å². The molecular weight excluding hydrogens is 257 g/mol. The maximum atomic E-state index is 13.7. The number of halogens is 3. The third-order valence-corrected chi connectivity index (χ3v) is 2.87. The molecule has 0 N–H and O–H groups in total. The zero-order chi connectivity index (χ0) is 14.6. The molecule has 0 bridgehead atoms. The molecule has 0 spiro atoms. The molecule has 0 aliphatic carbocycles. The number of ether oxygens (including phenoxy) is 2. The molecule has 0 aromatic heterocycles. The number of hydrogen-bond donors (Lipinski definition) is 0. The molecule has 0 aliphatic rings. The monoisotopic (exact) mass is 276 g/mol. The van der Waals surface area contributed by atoms with Gasteiger partial charge in [0.15, 0.2) is 11.6 Å². The summed E-state index contributed by atoms with van der Waals surface area (Å²) in [5.41, 5.74) is 0. The molecule has 2 nitrogen and oxygen atoms in total. The number of rotatable bonds is 6. The molecule has 108 valence electrons. The second-order valence-electron chi connectivity index (χ2n) is 4.49. The molecule has 0 radical (unpaired) electrons. The minimum atomic E-state index is -1.28. The average Bonchev–Trinajstić information content (AvgIpc) is 2.39. The summed E-state index contributed by atoms with van der Waals surface area (Å²) in [4.78, 5) is 0. The van der Waals surface area contributed by atoms with Crippen molar-refractivity contribution in [2.45, 2.75) is 52.7 Å². The predicted molar refractivity (Wildman–Crippen MR) is 67.1 cm³/mol.